The lowest BCUT2D eigenvalue weighted by Crippen LogP contribution is -2.13. The molecule has 142 valence electrons. The third-order valence-corrected chi connectivity index (χ3v) is 4.80. The predicted octanol–water partition coefficient (Wildman–Crippen LogP) is 5.76. The number of nitro groups is 1. The van der Waals surface area contributed by atoms with Crippen LogP contribution < -0.4 is 10.0 Å². The Morgan fingerprint density at radius 2 is 1.79 bits per heavy atom. The first-order valence-corrected chi connectivity index (χ1v) is 9.16. The van der Waals surface area contributed by atoms with Crippen LogP contribution in [0.3, 0.4) is 0 Å². The zero-order valence-corrected chi connectivity index (χ0v) is 15.8. The van der Waals surface area contributed by atoms with Crippen LogP contribution in [0.1, 0.15) is 10.4 Å². The average Bonchev–Trinajstić information content (AvgIpc) is 2.69. The minimum absolute atomic E-state index is 0.00193. The van der Waals surface area contributed by atoms with Gasteiger partial charge in [-0.3, -0.25) is 14.9 Å². The first kappa shape index (κ1) is 19.7. The van der Waals surface area contributed by atoms with E-state index in [1.807, 2.05) is 0 Å². The lowest BCUT2D eigenvalue weighted by molar-refractivity contribution is -0.384. The number of hydrogen-bond donors (Lipinski definition) is 2. The Bertz CT molecular complexity index is 1030. The summed E-state index contributed by atoms with van der Waals surface area (Å²) in [5, 5.41) is 13.3. The predicted molar refractivity (Wildman–Crippen MR) is 108 cm³/mol. The Balaban J connectivity index is 1.72. The minimum Gasteiger partial charge on any atom is -0.325 e. The molecular weight excluding hydrogens is 405 g/mol. The molecule has 0 aromatic heterocycles. The van der Waals surface area contributed by atoms with Gasteiger partial charge in [-0.15, -0.1) is 0 Å². The Hall–Kier alpha value is -3.10. The molecule has 28 heavy (non-hydrogen) atoms. The number of hydrogen-bond acceptors (Lipinski definition) is 5. The summed E-state index contributed by atoms with van der Waals surface area (Å²) in [6, 6.07) is 16.8. The number of halogens is 2. The van der Waals surface area contributed by atoms with Gasteiger partial charge in [0.1, 0.15) is 5.82 Å². The van der Waals surface area contributed by atoms with E-state index in [1.165, 1.54) is 42.3 Å². The number of para-hydroxylation sites is 1. The highest BCUT2D eigenvalue weighted by molar-refractivity contribution is 8.00. The van der Waals surface area contributed by atoms with Gasteiger partial charge < -0.3 is 10.0 Å². The number of rotatable bonds is 6. The van der Waals surface area contributed by atoms with Crippen molar-refractivity contribution in [3.63, 3.8) is 0 Å². The summed E-state index contributed by atoms with van der Waals surface area (Å²) in [5.41, 5.74) is 1.30. The van der Waals surface area contributed by atoms with Crippen LogP contribution >= 0.6 is 23.5 Å². The summed E-state index contributed by atoms with van der Waals surface area (Å²) in [7, 11) is 0. The maximum absolute atomic E-state index is 13.3. The van der Waals surface area contributed by atoms with Crippen LogP contribution in [-0.4, -0.2) is 10.8 Å². The van der Waals surface area contributed by atoms with Crippen LogP contribution in [0.15, 0.2) is 71.6 Å². The van der Waals surface area contributed by atoms with E-state index >= 15 is 0 Å². The molecule has 0 aliphatic heterocycles. The largest absolute Gasteiger partial charge is 0.325 e. The molecule has 0 atom stereocenters. The summed E-state index contributed by atoms with van der Waals surface area (Å²) < 4.78 is 16.3. The number of carbonyl (C=O) groups is 1. The van der Waals surface area contributed by atoms with E-state index in [1.54, 1.807) is 36.4 Å². The summed E-state index contributed by atoms with van der Waals surface area (Å²) in [4.78, 5) is 23.6. The molecule has 1 amide bonds. The van der Waals surface area contributed by atoms with Crippen molar-refractivity contribution in [3.05, 3.63) is 93.2 Å². The van der Waals surface area contributed by atoms with Crippen LogP contribution in [0.4, 0.5) is 21.5 Å². The highest BCUT2D eigenvalue weighted by atomic mass is 35.5. The maximum atomic E-state index is 13.3. The summed E-state index contributed by atoms with van der Waals surface area (Å²) in [6.45, 7) is 0. The first-order valence-electron chi connectivity index (χ1n) is 7.97. The van der Waals surface area contributed by atoms with E-state index in [4.69, 9.17) is 11.6 Å². The highest BCUT2D eigenvalue weighted by Crippen LogP contribution is 2.26. The van der Waals surface area contributed by atoms with Gasteiger partial charge in [0, 0.05) is 22.7 Å². The fourth-order valence-corrected chi connectivity index (χ4v) is 3.15. The molecule has 0 bridgehead atoms. The molecule has 3 rings (SSSR count). The number of anilines is 2. The molecule has 0 aliphatic rings. The molecule has 0 unspecified atom stereocenters. The second kappa shape index (κ2) is 8.73. The molecule has 0 radical (unpaired) electrons. The van der Waals surface area contributed by atoms with Gasteiger partial charge >= 0.3 is 0 Å². The maximum Gasteiger partial charge on any atom is 0.269 e. The Kier molecular flexibility index (Phi) is 6.13. The average molecular weight is 418 g/mol. The summed E-state index contributed by atoms with van der Waals surface area (Å²) in [5.74, 6) is -0.962. The van der Waals surface area contributed by atoms with E-state index in [0.717, 1.165) is 4.90 Å². The number of nitro benzene ring substituents is 1. The van der Waals surface area contributed by atoms with Crippen molar-refractivity contribution in [1.29, 1.82) is 0 Å². The van der Waals surface area contributed by atoms with Gasteiger partial charge in [-0.2, -0.15) is 0 Å². The topological polar surface area (TPSA) is 84.3 Å². The van der Waals surface area contributed by atoms with E-state index in [-0.39, 0.29) is 10.7 Å². The SMILES string of the molecule is O=C(Nc1ccc(F)c(Cl)c1)c1ccccc1NSc1ccc([N+](=O)[O-])cc1. The molecule has 3 aromatic carbocycles. The van der Waals surface area contributed by atoms with Gasteiger partial charge in [-0.05, 0) is 54.4 Å². The molecule has 0 saturated heterocycles. The van der Waals surface area contributed by atoms with E-state index < -0.39 is 16.6 Å². The molecular formula is C19H13ClFN3O3S. The Morgan fingerprint density at radius 3 is 2.46 bits per heavy atom. The number of nitrogens with zero attached hydrogens (tertiary/aromatic N) is 1. The lowest BCUT2D eigenvalue weighted by atomic mass is 10.1. The smallest absolute Gasteiger partial charge is 0.269 e. The van der Waals surface area contributed by atoms with Crippen LogP contribution in [0, 0.1) is 15.9 Å². The molecule has 0 aliphatic carbocycles. The number of non-ortho nitro benzene ring substituents is 1. The van der Waals surface area contributed by atoms with E-state index in [0.29, 0.717) is 16.9 Å². The number of amides is 1. The van der Waals surface area contributed by atoms with Gasteiger partial charge in [-0.25, -0.2) is 4.39 Å². The lowest BCUT2D eigenvalue weighted by Gasteiger charge is -2.12. The van der Waals surface area contributed by atoms with E-state index in [2.05, 4.69) is 10.0 Å². The van der Waals surface area contributed by atoms with Gasteiger partial charge in [0.2, 0.25) is 0 Å². The highest BCUT2D eigenvalue weighted by Gasteiger charge is 2.13. The van der Waals surface area contributed by atoms with Crippen molar-refractivity contribution in [2.45, 2.75) is 4.90 Å². The van der Waals surface area contributed by atoms with Crippen molar-refractivity contribution in [2.24, 2.45) is 0 Å². The third-order valence-electron chi connectivity index (χ3n) is 3.68. The van der Waals surface area contributed by atoms with Gasteiger partial charge in [-0.1, -0.05) is 23.7 Å². The molecule has 6 nitrogen and oxygen atoms in total. The Labute approximate surface area is 169 Å². The van der Waals surface area contributed by atoms with Crippen molar-refractivity contribution >= 4 is 46.5 Å². The summed E-state index contributed by atoms with van der Waals surface area (Å²) >= 11 is 6.95. The van der Waals surface area contributed by atoms with Crippen LogP contribution in [0.25, 0.3) is 0 Å². The van der Waals surface area contributed by atoms with Gasteiger partial charge in [0.05, 0.1) is 21.2 Å². The molecule has 9 heteroatoms. The fraction of sp³-hybridized carbons (Fsp3) is 0. The second-order valence-corrected chi connectivity index (χ2v) is 6.87. The second-order valence-electron chi connectivity index (χ2n) is 5.58. The molecule has 2 N–H and O–H groups in total. The first-order chi connectivity index (χ1) is 13.4. The molecule has 0 spiro atoms. The molecule has 0 heterocycles. The van der Waals surface area contributed by atoms with Gasteiger partial charge in [0.25, 0.3) is 11.6 Å². The van der Waals surface area contributed by atoms with Crippen molar-refractivity contribution in [2.75, 3.05) is 10.0 Å². The number of nitrogens with one attached hydrogen (secondary N) is 2. The summed E-state index contributed by atoms with van der Waals surface area (Å²) in [6.07, 6.45) is 0. The van der Waals surface area contributed by atoms with Crippen LogP contribution in [0.5, 0.6) is 0 Å². The third kappa shape index (κ3) is 4.79. The number of carbonyl (C=O) groups excluding carboxylic acids is 1. The van der Waals surface area contributed by atoms with E-state index in [9.17, 15) is 19.3 Å². The normalized spacial score (nSPS) is 10.4. The zero-order chi connectivity index (χ0) is 20.1. The number of benzene rings is 3. The molecule has 3 aromatic rings. The standard InChI is InChI=1S/C19H13ClFN3O3S/c20-16-11-12(5-10-17(16)21)22-19(25)15-3-1-2-4-18(15)23-28-14-8-6-13(7-9-14)24(26)27/h1-11,23H,(H,22,25). The fourth-order valence-electron chi connectivity index (χ4n) is 2.29. The van der Waals surface area contributed by atoms with Crippen molar-refractivity contribution in [3.8, 4) is 0 Å². The molecule has 0 fully saturated rings. The zero-order valence-electron chi connectivity index (χ0n) is 14.2. The van der Waals surface area contributed by atoms with Gasteiger partial charge in [0.15, 0.2) is 0 Å². The molecule has 0 saturated carbocycles. The minimum atomic E-state index is -0.568. The van der Waals surface area contributed by atoms with Crippen molar-refractivity contribution < 1.29 is 14.1 Å². The van der Waals surface area contributed by atoms with Crippen LogP contribution in [-0.2, 0) is 0 Å². The Morgan fingerprint density at radius 1 is 1.07 bits per heavy atom. The van der Waals surface area contributed by atoms with Crippen LogP contribution in [0.2, 0.25) is 5.02 Å². The van der Waals surface area contributed by atoms with Crippen molar-refractivity contribution in [1.82, 2.24) is 0 Å². The monoisotopic (exact) mass is 417 g/mol. The quantitative estimate of drug-likeness (QED) is 0.302.